The predicted octanol–water partition coefficient (Wildman–Crippen LogP) is 6.68. The van der Waals surface area contributed by atoms with Gasteiger partial charge in [0.05, 0.1) is 22.9 Å². The zero-order valence-corrected chi connectivity index (χ0v) is 20.2. The normalized spacial score (nSPS) is 13.7. The summed E-state index contributed by atoms with van der Waals surface area (Å²) in [6.07, 6.45) is 6.49. The van der Waals surface area contributed by atoms with Crippen LogP contribution in [0.15, 0.2) is 85.2 Å². The molecule has 1 aliphatic carbocycles. The molecule has 2 N–H and O–H groups in total. The summed E-state index contributed by atoms with van der Waals surface area (Å²) in [5.74, 6) is -1.04. The fourth-order valence-electron chi connectivity index (χ4n) is 4.25. The van der Waals surface area contributed by atoms with E-state index in [-0.39, 0.29) is 11.5 Å². The zero-order valence-electron chi connectivity index (χ0n) is 19.4. The van der Waals surface area contributed by atoms with Gasteiger partial charge in [-0.1, -0.05) is 42.6 Å². The number of hydrogen-bond acceptors (Lipinski definition) is 4. The van der Waals surface area contributed by atoms with E-state index >= 15 is 0 Å². The molecule has 0 radical (unpaired) electrons. The van der Waals surface area contributed by atoms with Gasteiger partial charge in [-0.15, -0.1) is 0 Å². The third-order valence-electron chi connectivity index (χ3n) is 6.36. The van der Waals surface area contributed by atoms with Crippen molar-refractivity contribution in [2.75, 3.05) is 5.32 Å². The average molecular weight is 498 g/mol. The lowest BCUT2D eigenvalue weighted by Gasteiger charge is -2.17. The Bertz CT molecular complexity index is 1390. The van der Waals surface area contributed by atoms with E-state index in [1.54, 1.807) is 24.5 Å². The van der Waals surface area contributed by atoms with Gasteiger partial charge in [0.15, 0.2) is 0 Å². The minimum atomic E-state index is -1.00. The number of halogens is 1. The lowest BCUT2D eigenvalue weighted by atomic mass is 9.94. The van der Waals surface area contributed by atoms with E-state index in [1.165, 1.54) is 12.1 Å². The van der Waals surface area contributed by atoms with Crippen LogP contribution in [0.25, 0.3) is 22.4 Å². The Morgan fingerprint density at radius 2 is 1.78 bits per heavy atom. The smallest absolute Gasteiger partial charge is 0.335 e. The van der Waals surface area contributed by atoms with Gasteiger partial charge < -0.3 is 10.4 Å². The first kappa shape index (κ1) is 23.7. The van der Waals surface area contributed by atoms with Gasteiger partial charge in [0.2, 0.25) is 5.91 Å². The Morgan fingerprint density at radius 1 is 0.972 bits per heavy atom. The molecule has 0 aliphatic heterocycles. The summed E-state index contributed by atoms with van der Waals surface area (Å²) in [5.41, 5.74) is 5.03. The number of nitrogens with zero attached hydrogens (tertiary/aromatic N) is 2. The zero-order chi connectivity index (χ0) is 25.1. The summed E-state index contributed by atoms with van der Waals surface area (Å²) in [7, 11) is 0. The average Bonchev–Trinajstić information content (AvgIpc) is 3.72. The highest BCUT2D eigenvalue weighted by molar-refractivity contribution is 6.31. The Hall–Kier alpha value is -4.03. The summed E-state index contributed by atoms with van der Waals surface area (Å²) in [6.45, 7) is 0. The number of carbonyl (C=O) groups excluding carboxylic acids is 1. The third kappa shape index (κ3) is 5.44. The molecule has 36 heavy (non-hydrogen) atoms. The molecule has 1 fully saturated rings. The topological polar surface area (TPSA) is 92.2 Å². The van der Waals surface area contributed by atoms with Crippen LogP contribution in [0.1, 0.15) is 41.2 Å². The van der Waals surface area contributed by atoms with Gasteiger partial charge >= 0.3 is 5.97 Å². The number of hydrogen-bond donors (Lipinski definition) is 2. The summed E-state index contributed by atoms with van der Waals surface area (Å²) in [4.78, 5) is 33.5. The molecular formula is C29H24ClN3O3. The minimum absolute atomic E-state index is 0.151. The molecule has 6 nitrogen and oxygen atoms in total. The van der Waals surface area contributed by atoms with E-state index in [4.69, 9.17) is 21.7 Å². The molecule has 4 aromatic rings. The second-order valence-electron chi connectivity index (χ2n) is 8.98. The monoisotopic (exact) mass is 497 g/mol. The number of carboxylic acids is 1. The van der Waals surface area contributed by atoms with Crippen molar-refractivity contribution in [2.45, 2.75) is 25.2 Å². The number of carbonyl (C=O) groups is 2. The molecular weight excluding hydrogens is 474 g/mol. The molecule has 5 rings (SSSR count). The van der Waals surface area contributed by atoms with Crippen LogP contribution < -0.4 is 5.32 Å². The van der Waals surface area contributed by atoms with Crippen molar-refractivity contribution in [2.24, 2.45) is 5.92 Å². The molecule has 1 amide bonds. The fraction of sp³-hybridized carbons (Fsp3) is 0.172. The van der Waals surface area contributed by atoms with E-state index in [9.17, 15) is 9.59 Å². The van der Waals surface area contributed by atoms with Crippen LogP contribution >= 0.6 is 11.6 Å². The summed E-state index contributed by atoms with van der Waals surface area (Å²) < 4.78 is 0. The first-order chi connectivity index (χ1) is 17.5. The summed E-state index contributed by atoms with van der Waals surface area (Å²) in [6, 6.07) is 21.5. The van der Waals surface area contributed by atoms with E-state index in [0.29, 0.717) is 22.3 Å². The van der Waals surface area contributed by atoms with Crippen molar-refractivity contribution in [3.63, 3.8) is 0 Å². The first-order valence-corrected chi connectivity index (χ1v) is 12.2. The highest BCUT2D eigenvalue weighted by Gasteiger charge is 2.31. The Morgan fingerprint density at radius 3 is 2.42 bits per heavy atom. The molecule has 180 valence electrons. The van der Waals surface area contributed by atoms with Crippen molar-refractivity contribution >= 4 is 29.2 Å². The number of benzene rings is 2. The largest absolute Gasteiger partial charge is 0.478 e. The molecule has 2 aromatic carbocycles. The van der Waals surface area contributed by atoms with Gasteiger partial charge in [0.25, 0.3) is 0 Å². The molecule has 1 unspecified atom stereocenters. The van der Waals surface area contributed by atoms with Crippen molar-refractivity contribution in [3.8, 4) is 22.4 Å². The number of rotatable bonds is 8. The molecule has 0 spiro atoms. The second kappa shape index (κ2) is 10.3. The lowest BCUT2D eigenvalue weighted by Crippen LogP contribution is -2.22. The van der Waals surface area contributed by atoms with E-state index in [1.807, 2.05) is 48.5 Å². The van der Waals surface area contributed by atoms with Gasteiger partial charge in [-0.2, -0.15) is 0 Å². The van der Waals surface area contributed by atoms with Crippen molar-refractivity contribution < 1.29 is 14.7 Å². The van der Waals surface area contributed by atoms with Gasteiger partial charge in [0.1, 0.15) is 0 Å². The van der Waals surface area contributed by atoms with Crippen molar-refractivity contribution in [1.29, 1.82) is 0 Å². The number of anilines is 1. The van der Waals surface area contributed by atoms with E-state index in [2.05, 4.69) is 10.3 Å². The van der Waals surface area contributed by atoms with Crippen LogP contribution in [0.4, 0.5) is 5.69 Å². The molecule has 0 saturated heterocycles. The maximum absolute atomic E-state index is 13.2. The number of pyridine rings is 2. The molecule has 0 bridgehead atoms. The molecule has 7 heteroatoms. The number of aromatic carboxylic acids is 1. The molecule has 2 heterocycles. The standard InChI is InChI=1S/C29H24ClN3O3/c30-21-9-12-23(26-3-1-2-14-31-26)24(16-21)20-8-13-27(32-17-20)25(15-18-4-5-18)28(34)33-22-10-6-19(7-11-22)29(35)36/h1-3,6-14,16-18,25H,4-5,15H2,(H,33,34)(H,35,36). The number of carboxylic acid groups (broad SMARTS) is 1. The molecule has 2 aromatic heterocycles. The summed E-state index contributed by atoms with van der Waals surface area (Å²) >= 11 is 6.32. The molecule has 1 atom stereocenters. The van der Waals surface area contributed by atoms with Gasteiger partial charge in [-0.25, -0.2) is 4.79 Å². The fourth-order valence-corrected chi connectivity index (χ4v) is 4.42. The summed E-state index contributed by atoms with van der Waals surface area (Å²) in [5, 5.41) is 12.6. The maximum atomic E-state index is 13.2. The molecule has 1 saturated carbocycles. The highest BCUT2D eigenvalue weighted by Crippen LogP contribution is 2.39. The number of amides is 1. The maximum Gasteiger partial charge on any atom is 0.335 e. The van der Waals surface area contributed by atoms with Crippen molar-refractivity contribution in [3.05, 3.63) is 101 Å². The van der Waals surface area contributed by atoms with E-state index in [0.717, 1.165) is 41.6 Å². The van der Waals surface area contributed by atoms with E-state index < -0.39 is 11.9 Å². The Balaban J connectivity index is 1.41. The van der Waals surface area contributed by atoms with Crippen LogP contribution in [0.3, 0.4) is 0 Å². The van der Waals surface area contributed by atoms with Crippen LogP contribution in [0.2, 0.25) is 5.02 Å². The number of nitrogens with one attached hydrogen (secondary N) is 1. The van der Waals surface area contributed by atoms with Gasteiger partial charge in [0, 0.05) is 34.2 Å². The first-order valence-electron chi connectivity index (χ1n) is 11.8. The lowest BCUT2D eigenvalue weighted by molar-refractivity contribution is -0.117. The second-order valence-corrected chi connectivity index (χ2v) is 9.42. The third-order valence-corrected chi connectivity index (χ3v) is 6.59. The van der Waals surface area contributed by atoms with Gasteiger partial charge in [-0.05, 0) is 72.5 Å². The minimum Gasteiger partial charge on any atom is -0.478 e. The van der Waals surface area contributed by atoms with Crippen LogP contribution in [0, 0.1) is 5.92 Å². The van der Waals surface area contributed by atoms with Gasteiger partial charge in [-0.3, -0.25) is 14.8 Å². The quantitative estimate of drug-likeness (QED) is 0.283. The Kier molecular flexibility index (Phi) is 6.78. The predicted molar refractivity (Wildman–Crippen MR) is 140 cm³/mol. The number of aromatic nitrogens is 2. The van der Waals surface area contributed by atoms with Crippen LogP contribution in [-0.2, 0) is 4.79 Å². The van der Waals surface area contributed by atoms with Crippen LogP contribution in [-0.4, -0.2) is 27.0 Å². The van der Waals surface area contributed by atoms with Crippen molar-refractivity contribution in [1.82, 2.24) is 9.97 Å². The SMILES string of the molecule is O=C(O)c1ccc(NC(=O)C(CC2CC2)c2ccc(-c3cc(Cl)ccc3-c3ccccn3)cn2)cc1. The van der Waals surface area contributed by atoms with Crippen LogP contribution in [0.5, 0.6) is 0 Å². The molecule has 1 aliphatic rings. The Labute approximate surface area is 214 Å². The highest BCUT2D eigenvalue weighted by atomic mass is 35.5.